The lowest BCUT2D eigenvalue weighted by atomic mass is 10.0. The quantitative estimate of drug-likeness (QED) is 0.769. The van der Waals surface area contributed by atoms with Gasteiger partial charge in [0.05, 0.1) is 6.20 Å². The van der Waals surface area contributed by atoms with Gasteiger partial charge in [0.25, 0.3) is 0 Å². The van der Waals surface area contributed by atoms with E-state index in [9.17, 15) is 8.42 Å². The summed E-state index contributed by atoms with van der Waals surface area (Å²) in [5.41, 5.74) is 0. The Hall–Kier alpha value is -0.400. The minimum Gasteiger partial charge on any atom is -0.274 e. The lowest BCUT2D eigenvalue weighted by Gasteiger charge is -2.32. The van der Waals surface area contributed by atoms with Gasteiger partial charge in [-0.2, -0.15) is 9.40 Å². The third-order valence-corrected chi connectivity index (χ3v) is 6.16. The molecule has 0 bridgehead atoms. The smallest absolute Gasteiger partial charge is 0.246 e. The Morgan fingerprint density at radius 3 is 2.76 bits per heavy atom. The Balaban J connectivity index is 2.22. The number of alkyl halides is 1. The van der Waals surface area contributed by atoms with Crippen LogP contribution in [-0.2, 0) is 17.1 Å². The van der Waals surface area contributed by atoms with Crippen LogP contribution in [0.3, 0.4) is 0 Å². The highest BCUT2D eigenvalue weighted by Gasteiger charge is 2.33. The molecule has 5 nitrogen and oxygen atoms in total. The molecule has 0 radical (unpaired) electrons. The maximum Gasteiger partial charge on any atom is 0.246 e. The van der Waals surface area contributed by atoms with Gasteiger partial charge in [-0.05, 0) is 12.3 Å². The Labute approximate surface area is 110 Å². The Kier molecular flexibility index (Phi) is 3.61. The predicted molar refractivity (Wildman–Crippen MR) is 68.5 cm³/mol. The van der Waals surface area contributed by atoms with Crippen molar-refractivity contribution in [1.29, 1.82) is 0 Å². The van der Waals surface area contributed by atoms with Crippen LogP contribution >= 0.6 is 15.9 Å². The average molecular weight is 322 g/mol. The molecule has 1 aliphatic heterocycles. The molecule has 96 valence electrons. The molecule has 1 aromatic rings. The van der Waals surface area contributed by atoms with Gasteiger partial charge in [-0.25, -0.2) is 8.42 Å². The molecule has 2 atom stereocenters. The number of nitrogens with zero attached hydrogens (tertiary/aromatic N) is 3. The number of halogens is 1. The largest absolute Gasteiger partial charge is 0.274 e. The fraction of sp³-hybridized carbons (Fsp3) is 0.700. The van der Waals surface area contributed by atoms with E-state index in [0.29, 0.717) is 19.0 Å². The van der Waals surface area contributed by atoms with E-state index >= 15 is 0 Å². The maximum atomic E-state index is 12.3. The molecule has 0 amide bonds. The number of hydrogen-bond donors (Lipinski definition) is 0. The molecular formula is C10H16BrN3O2S. The lowest BCUT2D eigenvalue weighted by molar-refractivity contribution is 0.300. The van der Waals surface area contributed by atoms with E-state index in [1.165, 1.54) is 21.4 Å². The first-order valence-corrected chi connectivity index (χ1v) is 7.89. The van der Waals surface area contributed by atoms with Gasteiger partial charge in [-0.3, -0.25) is 4.68 Å². The number of piperidine rings is 1. The highest BCUT2D eigenvalue weighted by molar-refractivity contribution is 9.09. The minimum absolute atomic E-state index is 0.225. The SMILES string of the molecule is CC1CCN(S(=O)(=O)c2cnn(C)c2)CC1Br. The van der Waals surface area contributed by atoms with Crippen LogP contribution in [0.4, 0.5) is 0 Å². The van der Waals surface area contributed by atoms with Gasteiger partial charge in [0.2, 0.25) is 10.0 Å². The van der Waals surface area contributed by atoms with E-state index in [2.05, 4.69) is 28.0 Å². The average Bonchev–Trinajstić information content (AvgIpc) is 2.69. The van der Waals surface area contributed by atoms with Crippen molar-refractivity contribution < 1.29 is 8.42 Å². The fourth-order valence-corrected chi connectivity index (χ4v) is 4.17. The number of aryl methyl sites for hydroxylation is 1. The zero-order chi connectivity index (χ0) is 12.6. The van der Waals surface area contributed by atoms with Crippen molar-refractivity contribution in [3.63, 3.8) is 0 Å². The molecule has 1 fully saturated rings. The summed E-state index contributed by atoms with van der Waals surface area (Å²) in [5, 5.41) is 3.91. The zero-order valence-corrected chi connectivity index (χ0v) is 12.3. The molecule has 2 rings (SSSR count). The highest BCUT2D eigenvalue weighted by atomic mass is 79.9. The normalized spacial score (nSPS) is 27.2. The van der Waals surface area contributed by atoms with Crippen LogP contribution in [0.25, 0.3) is 0 Å². The molecule has 0 aliphatic carbocycles. The topological polar surface area (TPSA) is 55.2 Å². The van der Waals surface area contributed by atoms with E-state index in [4.69, 9.17) is 0 Å². The van der Waals surface area contributed by atoms with E-state index in [0.717, 1.165) is 6.42 Å². The third-order valence-electron chi connectivity index (χ3n) is 3.15. The van der Waals surface area contributed by atoms with Gasteiger partial charge in [-0.15, -0.1) is 0 Å². The van der Waals surface area contributed by atoms with Crippen molar-refractivity contribution in [2.45, 2.75) is 23.1 Å². The van der Waals surface area contributed by atoms with E-state index < -0.39 is 10.0 Å². The van der Waals surface area contributed by atoms with Crippen LogP contribution in [-0.4, -0.2) is 40.4 Å². The number of sulfonamides is 1. The van der Waals surface area contributed by atoms with Crippen molar-refractivity contribution in [3.05, 3.63) is 12.4 Å². The second kappa shape index (κ2) is 4.70. The van der Waals surface area contributed by atoms with Gasteiger partial charge in [-0.1, -0.05) is 22.9 Å². The number of aromatic nitrogens is 2. The first kappa shape index (κ1) is 13.0. The van der Waals surface area contributed by atoms with Crippen molar-refractivity contribution >= 4 is 26.0 Å². The van der Waals surface area contributed by atoms with Crippen molar-refractivity contribution in [2.75, 3.05) is 13.1 Å². The summed E-state index contributed by atoms with van der Waals surface area (Å²) in [6.07, 6.45) is 3.82. The van der Waals surface area contributed by atoms with Crippen molar-refractivity contribution in [2.24, 2.45) is 13.0 Å². The monoisotopic (exact) mass is 321 g/mol. The highest BCUT2D eigenvalue weighted by Crippen LogP contribution is 2.27. The Bertz CT molecular complexity index is 499. The van der Waals surface area contributed by atoms with Gasteiger partial charge >= 0.3 is 0 Å². The Morgan fingerprint density at radius 2 is 2.24 bits per heavy atom. The second-order valence-electron chi connectivity index (χ2n) is 4.49. The second-order valence-corrected chi connectivity index (χ2v) is 7.61. The lowest BCUT2D eigenvalue weighted by Crippen LogP contribution is -2.43. The molecule has 17 heavy (non-hydrogen) atoms. The molecule has 0 N–H and O–H groups in total. The molecule has 2 unspecified atom stereocenters. The summed E-state index contributed by atoms with van der Waals surface area (Å²) in [7, 11) is -1.66. The Morgan fingerprint density at radius 1 is 1.53 bits per heavy atom. The number of rotatable bonds is 2. The first-order valence-electron chi connectivity index (χ1n) is 5.54. The minimum atomic E-state index is -3.38. The summed E-state index contributed by atoms with van der Waals surface area (Å²) >= 11 is 3.54. The van der Waals surface area contributed by atoms with Crippen LogP contribution in [0.1, 0.15) is 13.3 Å². The van der Waals surface area contributed by atoms with Crippen LogP contribution in [0.15, 0.2) is 17.3 Å². The molecular weight excluding hydrogens is 306 g/mol. The molecule has 1 aliphatic rings. The first-order chi connectivity index (χ1) is 7.91. The summed E-state index contributed by atoms with van der Waals surface area (Å²) in [6, 6.07) is 0. The van der Waals surface area contributed by atoms with Crippen LogP contribution in [0.2, 0.25) is 0 Å². The summed E-state index contributed by atoms with van der Waals surface area (Å²) in [5.74, 6) is 0.510. The fourth-order valence-electron chi connectivity index (χ4n) is 1.89. The summed E-state index contributed by atoms with van der Waals surface area (Å²) < 4.78 is 27.6. The van der Waals surface area contributed by atoms with Gasteiger partial charge in [0.15, 0.2) is 0 Å². The number of hydrogen-bond acceptors (Lipinski definition) is 3. The van der Waals surface area contributed by atoms with Gasteiger partial charge < -0.3 is 0 Å². The summed E-state index contributed by atoms with van der Waals surface area (Å²) in [4.78, 5) is 0.497. The van der Waals surface area contributed by atoms with Crippen LogP contribution in [0, 0.1) is 5.92 Å². The molecule has 1 saturated heterocycles. The molecule has 0 aromatic carbocycles. The van der Waals surface area contributed by atoms with E-state index in [1.54, 1.807) is 7.05 Å². The van der Waals surface area contributed by atoms with Gasteiger partial charge in [0.1, 0.15) is 4.90 Å². The van der Waals surface area contributed by atoms with Crippen LogP contribution in [0.5, 0.6) is 0 Å². The zero-order valence-electron chi connectivity index (χ0n) is 9.88. The van der Waals surface area contributed by atoms with E-state index in [-0.39, 0.29) is 9.72 Å². The van der Waals surface area contributed by atoms with Crippen molar-refractivity contribution in [1.82, 2.24) is 14.1 Å². The molecule has 0 saturated carbocycles. The maximum absolute atomic E-state index is 12.3. The molecule has 2 heterocycles. The van der Waals surface area contributed by atoms with Crippen LogP contribution < -0.4 is 0 Å². The third kappa shape index (κ3) is 2.56. The van der Waals surface area contributed by atoms with Crippen molar-refractivity contribution in [3.8, 4) is 0 Å². The summed E-state index contributed by atoms with van der Waals surface area (Å²) in [6.45, 7) is 3.24. The van der Waals surface area contributed by atoms with Gasteiger partial charge in [0, 0.05) is 31.2 Å². The standard InChI is InChI=1S/C10H16BrN3O2S/c1-8-3-4-14(7-10(8)11)17(15,16)9-5-12-13(2)6-9/h5-6,8,10H,3-4,7H2,1-2H3. The predicted octanol–water partition coefficient (Wildman–Crippen LogP) is 1.21. The molecule has 0 spiro atoms. The molecule has 7 heteroatoms. The molecule has 1 aromatic heterocycles. The van der Waals surface area contributed by atoms with E-state index in [1.807, 2.05) is 0 Å².